The molecule has 0 aliphatic carbocycles. The van der Waals surface area contributed by atoms with Gasteiger partial charge in [-0.2, -0.15) is 0 Å². The molecule has 1 atom stereocenters. The van der Waals surface area contributed by atoms with Crippen LogP contribution in [0.3, 0.4) is 0 Å². The van der Waals surface area contributed by atoms with E-state index in [0.717, 1.165) is 11.3 Å². The van der Waals surface area contributed by atoms with Gasteiger partial charge in [0.25, 0.3) is 0 Å². The number of aromatic nitrogens is 3. The fourth-order valence-corrected chi connectivity index (χ4v) is 1.43. The Morgan fingerprint density at radius 3 is 3.00 bits per heavy atom. The molecule has 0 amide bonds. The largest absolute Gasteiger partial charge is 0.387 e. The van der Waals surface area contributed by atoms with Crippen LogP contribution in [-0.2, 0) is 0 Å². The van der Waals surface area contributed by atoms with E-state index in [-0.39, 0.29) is 0 Å². The minimum atomic E-state index is -0.548. The van der Waals surface area contributed by atoms with Crippen molar-refractivity contribution in [3.8, 4) is 0 Å². The van der Waals surface area contributed by atoms with Crippen molar-refractivity contribution in [1.29, 1.82) is 0 Å². The first-order valence-corrected chi connectivity index (χ1v) is 4.17. The summed E-state index contributed by atoms with van der Waals surface area (Å²) >= 11 is 0. The molecule has 0 spiro atoms. The van der Waals surface area contributed by atoms with Gasteiger partial charge in [-0.1, -0.05) is 0 Å². The van der Waals surface area contributed by atoms with Crippen LogP contribution < -0.4 is 0 Å². The summed E-state index contributed by atoms with van der Waals surface area (Å²) in [4.78, 5) is 8.26. The van der Waals surface area contributed by atoms with Crippen LogP contribution in [0.2, 0.25) is 0 Å². The van der Waals surface area contributed by atoms with Crippen molar-refractivity contribution in [2.24, 2.45) is 0 Å². The topological polar surface area (TPSA) is 50.4 Å². The zero-order valence-electron chi connectivity index (χ0n) is 7.60. The molecule has 1 N–H and O–H groups in total. The second-order valence-corrected chi connectivity index (χ2v) is 3.05. The minimum absolute atomic E-state index is 0.548. The first kappa shape index (κ1) is 8.19. The van der Waals surface area contributed by atoms with Gasteiger partial charge in [-0.05, 0) is 13.8 Å². The third-order valence-corrected chi connectivity index (χ3v) is 2.05. The van der Waals surface area contributed by atoms with Gasteiger partial charge in [0.2, 0.25) is 0 Å². The van der Waals surface area contributed by atoms with Gasteiger partial charge in [-0.15, -0.1) is 0 Å². The number of aliphatic hydroxyl groups excluding tert-OH is 1. The van der Waals surface area contributed by atoms with Crippen LogP contribution in [0.15, 0.2) is 18.6 Å². The number of nitrogens with zero attached hydrogens (tertiary/aromatic N) is 3. The Morgan fingerprint density at radius 1 is 1.54 bits per heavy atom. The van der Waals surface area contributed by atoms with Crippen molar-refractivity contribution in [2.45, 2.75) is 20.0 Å². The summed E-state index contributed by atoms with van der Waals surface area (Å²) in [6.45, 7) is 3.60. The monoisotopic (exact) mass is 177 g/mol. The lowest BCUT2D eigenvalue weighted by Gasteiger charge is -1.99. The van der Waals surface area contributed by atoms with Crippen LogP contribution in [0.1, 0.15) is 24.5 Å². The lowest BCUT2D eigenvalue weighted by molar-refractivity contribution is 0.196. The maximum Gasteiger partial charge on any atom is 0.110 e. The summed E-state index contributed by atoms with van der Waals surface area (Å²) in [5.74, 6) is 0.869. The van der Waals surface area contributed by atoms with Gasteiger partial charge in [-0.25, -0.2) is 4.98 Å². The zero-order chi connectivity index (χ0) is 9.42. The van der Waals surface area contributed by atoms with Gasteiger partial charge in [0.05, 0.1) is 23.5 Å². The highest BCUT2D eigenvalue weighted by molar-refractivity contribution is 5.51. The maximum absolute atomic E-state index is 9.43. The first-order valence-electron chi connectivity index (χ1n) is 4.17. The highest BCUT2D eigenvalue weighted by Crippen LogP contribution is 2.17. The summed E-state index contributed by atoms with van der Waals surface area (Å²) in [7, 11) is 0. The summed E-state index contributed by atoms with van der Waals surface area (Å²) < 4.78 is 1.91. The fraction of sp³-hybridized carbons (Fsp3) is 0.333. The third-order valence-electron chi connectivity index (χ3n) is 2.05. The molecule has 0 aliphatic rings. The molecule has 13 heavy (non-hydrogen) atoms. The normalized spacial score (nSPS) is 13.5. The zero-order valence-corrected chi connectivity index (χ0v) is 7.60. The maximum atomic E-state index is 9.43. The van der Waals surface area contributed by atoms with E-state index in [4.69, 9.17) is 0 Å². The van der Waals surface area contributed by atoms with Crippen molar-refractivity contribution in [2.75, 3.05) is 0 Å². The van der Waals surface area contributed by atoms with Crippen molar-refractivity contribution < 1.29 is 5.11 Å². The van der Waals surface area contributed by atoms with Crippen LogP contribution in [0.4, 0.5) is 0 Å². The molecule has 0 saturated carbocycles. The molecule has 2 heterocycles. The van der Waals surface area contributed by atoms with Crippen molar-refractivity contribution >= 4 is 5.52 Å². The van der Waals surface area contributed by atoms with E-state index in [1.165, 1.54) is 0 Å². The SMILES string of the molecule is Cc1nc(C(C)O)c2cnccn12. The van der Waals surface area contributed by atoms with Crippen LogP contribution in [0.25, 0.3) is 5.52 Å². The molecule has 68 valence electrons. The van der Waals surface area contributed by atoms with E-state index in [1.807, 2.05) is 17.5 Å². The summed E-state index contributed by atoms with van der Waals surface area (Å²) in [6.07, 6.45) is 4.70. The van der Waals surface area contributed by atoms with Crippen LogP contribution in [0, 0.1) is 6.92 Å². The highest BCUT2D eigenvalue weighted by atomic mass is 16.3. The fourth-order valence-electron chi connectivity index (χ4n) is 1.43. The Bertz CT molecular complexity index is 433. The number of rotatable bonds is 1. The van der Waals surface area contributed by atoms with Crippen LogP contribution in [0.5, 0.6) is 0 Å². The molecule has 0 aromatic carbocycles. The molecular formula is C9H11N3O. The Morgan fingerprint density at radius 2 is 2.31 bits per heavy atom. The molecular weight excluding hydrogens is 166 g/mol. The number of hydrogen-bond donors (Lipinski definition) is 1. The molecule has 2 aromatic heterocycles. The summed E-state index contributed by atoms with van der Waals surface area (Å²) in [5, 5.41) is 9.43. The summed E-state index contributed by atoms with van der Waals surface area (Å²) in [6, 6.07) is 0. The molecule has 2 aromatic rings. The third kappa shape index (κ3) is 1.19. The van der Waals surface area contributed by atoms with Crippen molar-refractivity contribution in [3.05, 3.63) is 30.1 Å². The van der Waals surface area contributed by atoms with E-state index in [2.05, 4.69) is 9.97 Å². The first-order chi connectivity index (χ1) is 6.20. The number of aliphatic hydroxyl groups is 1. The smallest absolute Gasteiger partial charge is 0.110 e. The number of imidazole rings is 1. The quantitative estimate of drug-likeness (QED) is 0.709. The second kappa shape index (κ2) is 2.81. The molecule has 0 radical (unpaired) electrons. The molecule has 0 saturated heterocycles. The molecule has 0 bridgehead atoms. The van der Waals surface area contributed by atoms with Crippen molar-refractivity contribution in [3.63, 3.8) is 0 Å². The number of hydrogen-bond acceptors (Lipinski definition) is 3. The Balaban J connectivity index is 2.78. The Kier molecular flexibility index (Phi) is 1.77. The lowest BCUT2D eigenvalue weighted by atomic mass is 10.3. The summed E-state index contributed by atoms with van der Waals surface area (Å²) in [5.41, 5.74) is 1.56. The van der Waals surface area contributed by atoms with Gasteiger partial charge in [-0.3, -0.25) is 4.98 Å². The van der Waals surface area contributed by atoms with Crippen molar-refractivity contribution in [1.82, 2.24) is 14.4 Å². The average molecular weight is 177 g/mol. The molecule has 4 nitrogen and oxygen atoms in total. The van der Waals surface area contributed by atoms with Crippen LogP contribution >= 0.6 is 0 Å². The van der Waals surface area contributed by atoms with Gasteiger partial charge in [0, 0.05) is 12.4 Å². The predicted molar refractivity (Wildman–Crippen MR) is 48.4 cm³/mol. The molecule has 0 fully saturated rings. The Labute approximate surface area is 75.9 Å². The standard InChI is InChI=1S/C9H11N3O/c1-6(13)9-8-5-10-3-4-12(8)7(2)11-9/h3-6,13H,1-2H3. The van der Waals surface area contributed by atoms with Gasteiger partial charge in [0.1, 0.15) is 5.82 Å². The minimum Gasteiger partial charge on any atom is -0.387 e. The van der Waals surface area contributed by atoms with E-state index in [9.17, 15) is 5.11 Å². The molecule has 0 aliphatic heterocycles. The highest BCUT2D eigenvalue weighted by Gasteiger charge is 2.11. The van der Waals surface area contributed by atoms with E-state index >= 15 is 0 Å². The van der Waals surface area contributed by atoms with E-state index in [0.29, 0.717) is 5.69 Å². The van der Waals surface area contributed by atoms with Gasteiger partial charge < -0.3 is 9.51 Å². The molecule has 2 rings (SSSR count). The van der Waals surface area contributed by atoms with E-state index in [1.54, 1.807) is 19.3 Å². The molecule has 1 unspecified atom stereocenters. The number of fused-ring (bicyclic) bond motifs is 1. The lowest BCUT2D eigenvalue weighted by Crippen LogP contribution is -1.92. The Hall–Kier alpha value is -1.42. The van der Waals surface area contributed by atoms with E-state index < -0.39 is 6.10 Å². The average Bonchev–Trinajstić information content (AvgIpc) is 2.45. The second-order valence-electron chi connectivity index (χ2n) is 3.05. The predicted octanol–water partition coefficient (Wildman–Crippen LogP) is 1.09. The number of aryl methyl sites for hydroxylation is 1. The van der Waals surface area contributed by atoms with Crippen LogP contribution in [-0.4, -0.2) is 19.5 Å². The van der Waals surface area contributed by atoms with Gasteiger partial charge in [0.15, 0.2) is 0 Å². The van der Waals surface area contributed by atoms with Gasteiger partial charge >= 0.3 is 0 Å². The molecule has 4 heteroatoms.